The molecule has 0 bridgehead atoms. The molecule has 0 fully saturated rings. The van der Waals surface area contributed by atoms with Gasteiger partial charge in [0.25, 0.3) is 0 Å². The van der Waals surface area contributed by atoms with Gasteiger partial charge in [0.2, 0.25) is 0 Å². The van der Waals surface area contributed by atoms with E-state index in [-0.39, 0.29) is 6.10 Å². The van der Waals surface area contributed by atoms with Crippen molar-refractivity contribution in [3.8, 4) is 0 Å². The molecule has 0 heterocycles. The normalized spacial score (nSPS) is 24.9. The van der Waals surface area contributed by atoms with Gasteiger partial charge in [-0.05, 0) is 39.2 Å². The van der Waals surface area contributed by atoms with Gasteiger partial charge in [0.1, 0.15) is 0 Å². The molecule has 1 heteroatoms. The van der Waals surface area contributed by atoms with E-state index in [1.807, 2.05) is 6.08 Å². The highest BCUT2D eigenvalue weighted by atomic mass is 16.3. The van der Waals surface area contributed by atoms with Crippen LogP contribution in [0.25, 0.3) is 0 Å². The molecule has 11 heavy (non-hydrogen) atoms. The van der Waals surface area contributed by atoms with Gasteiger partial charge in [-0.1, -0.05) is 17.2 Å². The zero-order chi connectivity index (χ0) is 8.43. The molecule has 0 saturated carbocycles. The second-order valence-corrected chi connectivity index (χ2v) is 3.48. The van der Waals surface area contributed by atoms with Gasteiger partial charge in [-0.25, -0.2) is 0 Å². The van der Waals surface area contributed by atoms with Gasteiger partial charge in [-0.3, -0.25) is 0 Å². The van der Waals surface area contributed by atoms with Crippen molar-refractivity contribution in [3.05, 3.63) is 22.8 Å². The van der Waals surface area contributed by atoms with Crippen molar-refractivity contribution in [2.24, 2.45) is 0 Å². The van der Waals surface area contributed by atoms with Gasteiger partial charge >= 0.3 is 0 Å². The Bertz CT molecular complexity index is 207. The van der Waals surface area contributed by atoms with Crippen molar-refractivity contribution in [3.63, 3.8) is 0 Å². The maximum Gasteiger partial charge on any atom is 0.0936 e. The molecular formula is C10H16O. The molecule has 0 spiro atoms. The molecule has 1 aliphatic carbocycles. The first-order chi connectivity index (χ1) is 5.11. The summed E-state index contributed by atoms with van der Waals surface area (Å²) in [5.74, 6) is 0. The Balaban J connectivity index is 2.85. The molecule has 0 unspecified atom stereocenters. The van der Waals surface area contributed by atoms with Crippen LogP contribution in [0.4, 0.5) is 0 Å². The van der Waals surface area contributed by atoms with E-state index in [0.29, 0.717) is 0 Å². The summed E-state index contributed by atoms with van der Waals surface area (Å²) in [5.41, 5.74) is 3.78. The predicted octanol–water partition coefficient (Wildman–Crippen LogP) is 2.42. The predicted molar refractivity (Wildman–Crippen MR) is 47.4 cm³/mol. The lowest BCUT2D eigenvalue weighted by Gasteiger charge is -2.20. The highest BCUT2D eigenvalue weighted by Crippen LogP contribution is 2.25. The largest absolute Gasteiger partial charge is 0.385 e. The topological polar surface area (TPSA) is 20.2 Å². The Morgan fingerprint density at radius 1 is 1.45 bits per heavy atom. The Kier molecular flexibility index (Phi) is 2.50. The van der Waals surface area contributed by atoms with E-state index < -0.39 is 0 Å². The Morgan fingerprint density at radius 2 is 2.09 bits per heavy atom. The second kappa shape index (κ2) is 3.22. The van der Waals surface area contributed by atoms with Crippen molar-refractivity contribution in [2.75, 3.05) is 0 Å². The zero-order valence-corrected chi connectivity index (χ0v) is 7.52. The van der Waals surface area contributed by atoms with Crippen LogP contribution in [0.1, 0.15) is 33.6 Å². The first kappa shape index (κ1) is 8.54. The molecular weight excluding hydrogens is 136 g/mol. The van der Waals surface area contributed by atoms with Gasteiger partial charge < -0.3 is 5.11 Å². The third kappa shape index (κ3) is 1.93. The van der Waals surface area contributed by atoms with E-state index in [1.165, 1.54) is 16.7 Å². The minimum Gasteiger partial charge on any atom is -0.385 e. The highest BCUT2D eigenvalue weighted by Gasteiger charge is 2.14. The molecule has 0 amide bonds. The van der Waals surface area contributed by atoms with E-state index >= 15 is 0 Å². The molecule has 62 valence electrons. The van der Waals surface area contributed by atoms with Crippen LogP contribution < -0.4 is 0 Å². The molecule has 0 aromatic rings. The summed E-state index contributed by atoms with van der Waals surface area (Å²) in [6.07, 6.45) is 3.78. The average molecular weight is 152 g/mol. The quantitative estimate of drug-likeness (QED) is 0.528. The number of rotatable bonds is 0. The van der Waals surface area contributed by atoms with Crippen LogP contribution in [0, 0.1) is 0 Å². The lowest BCUT2D eigenvalue weighted by atomic mass is 9.91. The SMILES string of the molecule is CC1=C[C@H](O)C(=C(C)C)CC1. The second-order valence-electron chi connectivity index (χ2n) is 3.48. The lowest BCUT2D eigenvalue weighted by molar-refractivity contribution is 0.247. The molecule has 1 N–H and O–H groups in total. The van der Waals surface area contributed by atoms with Gasteiger partial charge in [-0.2, -0.15) is 0 Å². The summed E-state index contributed by atoms with van der Waals surface area (Å²) in [4.78, 5) is 0. The summed E-state index contributed by atoms with van der Waals surface area (Å²) < 4.78 is 0. The molecule has 1 aliphatic rings. The number of allylic oxidation sites excluding steroid dienone is 2. The Labute approximate surface area is 68.4 Å². The summed E-state index contributed by atoms with van der Waals surface area (Å²) in [5, 5.41) is 9.58. The fraction of sp³-hybridized carbons (Fsp3) is 0.600. The first-order valence-corrected chi connectivity index (χ1v) is 4.13. The van der Waals surface area contributed by atoms with E-state index in [1.54, 1.807) is 0 Å². The maximum absolute atomic E-state index is 9.58. The van der Waals surface area contributed by atoms with Crippen LogP contribution >= 0.6 is 0 Å². The molecule has 0 aromatic heterocycles. The standard InChI is InChI=1S/C10H16O/c1-7(2)9-5-4-8(3)6-10(9)11/h6,10-11H,4-5H2,1-3H3/t10-/m0/s1. The van der Waals surface area contributed by atoms with Crippen LogP contribution in [0.2, 0.25) is 0 Å². The van der Waals surface area contributed by atoms with Crippen molar-refractivity contribution in [1.82, 2.24) is 0 Å². The number of hydrogen-bond donors (Lipinski definition) is 1. The molecule has 1 atom stereocenters. The summed E-state index contributed by atoms with van der Waals surface area (Å²) in [6.45, 7) is 6.20. The monoisotopic (exact) mass is 152 g/mol. The van der Waals surface area contributed by atoms with E-state index in [9.17, 15) is 5.11 Å². The van der Waals surface area contributed by atoms with Gasteiger partial charge in [0.15, 0.2) is 0 Å². The minimum atomic E-state index is -0.311. The van der Waals surface area contributed by atoms with Crippen molar-refractivity contribution in [2.45, 2.75) is 39.7 Å². The van der Waals surface area contributed by atoms with Gasteiger partial charge in [0, 0.05) is 0 Å². The van der Waals surface area contributed by atoms with Gasteiger partial charge in [-0.15, -0.1) is 0 Å². The van der Waals surface area contributed by atoms with Crippen molar-refractivity contribution < 1.29 is 5.11 Å². The van der Waals surface area contributed by atoms with Crippen LogP contribution in [-0.2, 0) is 0 Å². The number of aliphatic hydroxyl groups excluding tert-OH is 1. The van der Waals surface area contributed by atoms with Crippen molar-refractivity contribution >= 4 is 0 Å². The third-order valence-corrected chi connectivity index (χ3v) is 2.23. The molecule has 1 nitrogen and oxygen atoms in total. The Morgan fingerprint density at radius 3 is 2.55 bits per heavy atom. The molecule has 0 aliphatic heterocycles. The zero-order valence-electron chi connectivity index (χ0n) is 7.52. The number of aliphatic hydroxyl groups is 1. The summed E-state index contributed by atoms with van der Waals surface area (Å²) in [7, 11) is 0. The van der Waals surface area contributed by atoms with Crippen LogP contribution in [0.15, 0.2) is 22.8 Å². The van der Waals surface area contributed by atoms with E-state index in [2.05, 4.69) is 20.8 Å². The van der Waals surface area contributed by atoms with Crippen LogP contribution in [-0.4, -0.2) is 11.2 Å². The smallest absolute Gasteiger partial charge is 0.0936 e. The Hall–Kier alpha value is -0.560. The fourth-order valence-electron chi connectivity index (χ4n) is 1.48. The van der Waals surface area contributed by atoms with Crippen LogP contribution in [0.3, 0.4) is 0 Å². The molecule has 0 aromatic carbocycles. The fourth-order valence-corrected chi connectivity index (χ4v) is 1.48. The number of hydrogen-bond acceptors (Lipinski definition) is 1. The minimum absolute atomic E-state index is 0.311. The lowest BCUT2D eigenvalue weighted by Crippen LogP contribution is -2.13. The summed E-state index contributed by atoms with van der Waals surface area (Å²) >= 11 is 0. The van der Waals surface area contributed by atoms with Crippen LogP contribution in [0.5, 0.6) is 0 Å². The third-order valence-electron chi connectivity index (χ3n) is 2.23. The van der Waals surface area contributed by atoms with Crippen molar-refractivity contribution in [1.29, 1.82) is 0 Å². The highest BCUT2D eigenvalue weighted by molar-refractivity contribution is 5.26. The average Bonchev–Trinajstić information content (AvgIpc) is 1.85. The summed E-state index contributed by atoms with van der Waals surface area (Å²) in [6, 6.07) is 0. The molecule has 0 radical (unpaired) electrons. The molecule has 0 saturated heterocycles. The maximum atomic E-state index is 9.58. The first-order valence-electron chi connectivity index (χ1n) is 4.13. The molecule has 1 rings (SSSR count). The van der Waals surface area contributed by atoms with E-state index in [4.69, 9.17) is 0 Å². The van der Waals surface area contributed by atoms with E-state index in [0.717, 1.165) is 12.8 Å². The van der Waals surface area contributed by atoms with Gasteiger partial charge in [0.05, 0.1) is 6.10 Å².